The Bertz CT molecular complexity index is 640. The fourth-order valence-corrected chi connectivity index (χ4v) is 3.77. The number of likely N-dealkylation sites (tertiary alicyclic amines) is 1. The summed E-state index contributed by atoms with van der Waals surface area (Å²) in [6.45, 7) is 14.0. The van der Waals surface area contributed by atoms with Gasteiger partial charge in [0.25, 0.3) is 0 Å². The maximum Gasteiger partial charge on any atom is 0.190 e. The Balaban J connectivity index is 0.00000450. The molecular formula is C23H41IN4O2. The number of aliphatic imine (C=N–C) groups is 1. The summed E-state index contributed by atoms with van der Waals surface area (Å²) in [5.74, 6) is 3.19. The Hall–Kier alpha value is -1.22. The third kappa shape index (κ3) is 8.88. The summed E-state index contributed by atoms with van der Waals surface area (Å²) in [5, 5.41) is 6.95. The Kier molecular flexibility index (Phi) is 13.2. The number of nitrogens with zero attached hydrogens (tertiary/aromatic N) is 2. The minimum atomic E-state index is 0. The Morgan fingerprint density at radius 3 is 2.57 bits per heavy atom. The van der Waals surface area contributed by atoms with Gasteiger partial charge < -0.3 is 25.0 Å². The van der Waals surface area contributed by atoms with Crippen molar-refractivity contribution in [3.63, 3.8) is 0 Å². The molecule has 172 valence electrons. The molecule has 0 aromatic heterocycles. The fraction of sp³-hybridized carbons (Fsp3) is 0.696. The van der Waals surface area contributed by atoms with Gasteiger partial charge in [0, 0.05) is 32.7 Å². The van der Waals surface area contributed by atoms with Crippen molar-refractivity contribution in [1.29, 1.82) is 0 Å². The minimum Gasteiger partial charge on any atom is -0.490 e. The molecule has 0 amide bonds. The molecule has 2 N–H and O–H groups in total. The summed E-state index contributed by atoms with van der Waals surface area (Å²) >= 11 is 0. The van der Waals surface area contributed by atoms with E-state index >= 15 is 0 Å². The fourth-order valence-electron chi connectivity index (χ4n) is 3.77. The lowest BCUT2D eigenvalue weighted by Crippen LogP contribution is -2.46. The summed E-state index contributed by atoms with van der Waals surface area (Å²) in [7, 11) is 1.83. The summed E-state index contributed by atoms with van der Waals surface area (Å²) in [6.07, 6.45) is 3.48. The molecule has 1 fully saturated rings. The number of rotatable bonds is 10. The molecular weight excluding hydrogens is 491 g/mol. The summed E-state index contributed by atoms with van der Waals surface area (Å²) < 4.78 is 11.4. The van der Waals surface area contributed by atoms with Crippen LogP contribution in [0.2, 0.25) is 0 Å². The Morgan fingerprint density at radius 1 is 1.17 bits per heavy atom. The number of hydrogen-bond donors (Lipinski definition) is 2. The molecule has 0 bridgehead atoms. The van der Waals surface area contributed by atoms with Gasteiger partial charge in [-0.15, -0.1) is 24.0 Å². The minimum absolute atomic E-state index is 0. The van der Waals surface area contributed by atoms with Crippen LogP contribution in [0.3, 0.4) is 0 Å². The first kappa shape index (κ1) is 26.8. The highest BCUT2D eigenvalue weighted by molar-refractivity contribution is 14.0. The van der Waals surface area contributed by atoms with Gasteiger partial charge in [0.1, 0.15) is 0 Å². The molecule has 2 rings (SSSR count). The highest BCUT2D eigenvalue weighted by Crippen LogP contribution is 2.28. The molecule has 0 spiro atoms. The number of piperidine rings is 1. The molecule has 1 aliphatic rings. The van der Waals surface area contributed by atoms with E-state index in [-0.39, 0.29) is 24.0 Å². The molecule has 0 aliphatic carbocycles. The van der Waals surface area contributed by atoms with Crippen LogP contribution in [0.5, 0.6) is 11.5 Å². The molecule has 30 heavy (non-hydrogen) atoms. The zero-order chi connectivity index (χ0) is 21.1. The lowest BCUT2D eigenvalue weighted by molar-refractivity contribution is 0.141. The SMILES string of the molecule is CCOc1ccc(CCNC(=NC)NCC2CCCN(C(C)C)C2)cc1OCC.I. The van der Waals surface area contributed by atoms with Crippen LogP contribution in [0.4, 0.5) is 0 Å². The average Bonchev–Trinajstić information content (AvgIpc) is 2.72. The molecule has 1 aliphatic heterocycles. The first-order valence-corrected chi connectivity index (χ1v) is 11.1. The van der Waals surface area contributed by atoms with E-state index in [1.807, 2.05) is 27.0 Å². The molecule has 1 unspecified atom stereocenters. The van der Waals surface area contributed by atoms with Gasteiger partial charge in [-0.05, 0) is 77.1 Å². The van der Waals surface area contributed by atoms with Crippen molar-refractivity contribution in [3.05, 3.63) is 23.8 Å². The zero-order valence-corrected chi connectivity index (χ0v) is 21.7. The molecule has 0 radical (unpaired) electrons. The third-order valence-corrected chi connectivity index (χ3v) is 5.38. The largest absolute Gasteiger partial charge is 0.490 e. The first-order valence-electron chi connectivity index (χ1n) is 11.1. The Labute approximate surface area is 200 Å². The van der Waals surface area contributed by atoms with Crippen LogP contribution in [0, 0.1) is 5.92 Å². The van der Waals surface area contributed by atoms with Crippen LogP contribution in [0.25, 0.3) is 0 Å². The van der Waals surface area contributed by atoms with Gasteiger partial charge in [-0.25, -0.2) is 0 Å². The number of ether oxygens (including phenoxy) is 2. The number of halogens is 1. The summed E-state index contributed by atoms with van der Waals surface area (Å²) in [6, 6.07) is 6.81. The van der Waals surface area contributed by atoms with Crippen LogP contribution < -0.4 is 20.1 Å². The van der Waals surface area contributed by atoms with Crippen LogP contribution in [0.1, 0.15) is 46.1 Å². The zero-order valence-electron chi connectivity index (χ0n) is 19.4. The van der Waals surface area contributed by atoms with E-state index in [1.165, 1.54) is 31.5 Å². The smallest absolute Gasteiger partial charge is 0.190 e. The van der Waals surface area contributed by atoms with E-state index in [0.29, 0.717) is 25.2 Å². The number of benzene rings is 1. The molecule has 1 atom stereocenters. The van der Waals surface area contributed by atoms with E-state index in [1.54, 1.807) is 0 Å². The van der Waals surface area contributed by atoms with Gasteiger partial charge in [0.15, 0.2) is 17.5 Å². The van der Waals surface area contributed by atoms with Crippen LogP contribution >= 0.6 is 24.0 Å². The van der Waals surface area contributed by atoms with Crippen molar-refractivity contribution < 1.29 is 9.47 Å². The van der Waals surface area contributed by atoms with E-state index in [2.05, 4.69) is 46.5 Å². The molecule has 6 nitrogen and oxygen atoms in total. The summed E-state index contributed by atoms with van der Waals surface area (Å²) in [5.41, 5.74) is 1.22. The molecule has 0 saturated carbocycles. The molecule has 1 aromatic rings. The topological polar surface area (TPSA) is 58.1 Å². The van der Waals surface area contributed by atoms with E-state index in [0.717, 1.165) is 37.0 Å². The summed E-state index contributed by atoms with van der Waals surface area (Å²) in [4.78, 5) is 6.96. The maximum atomic E-state index is 5.72. The number of hydrogen-bond acceptors (Lipinski definition) is 4. The van der Waals surface area contributed by atoms with Crippen molar-refractivity contribution in [3.8, 4) is 11.5 Å². The molecule has 7 heteroatoms. The van der Waals surface area contributed by atoms with Crippen molar-refractivity contribution in [2.24, 2.45) is 10.9 Å². The van der Waals surface area contributed by atoms with E-state index in [9.17, 15) is 0 Å². The Morgan fingerprint density at radius 2 is 1.90 bits per heavy atom. The predicted molar refractivity (Wildman–Crippen MR) is 137 cm³/mol. The second-order valence-corrected chi connectivity index (χ2v) is 7.87. The van der Waals surface area contributed by atoms with Crippen molar-refractivity contribution in [2.75, 3.05) is 46.4 Å². The quantitative estimate of drug-likeness (QED) is 0.272. The van der Waals surface area contributed by atoms with Crippen molar-refractivity contribution in [1.82, 2.24) is 15.5 Å². The maximum absolute atomic E-state index is 5.72. The third-order valence-electron chi connectivity index (χ3n) is 5.38. The second kappa shape index (κ2) is 14.7. The highest BCUT2D eigenvalue weighted by atomic mass is 127. The second-order valence-electron chi connectivity index (χ2n) is 7.87. The average molecular weight is 533 g/mol. The lowest BCUT2D eigenvalue weighted by Gasteiger charge is -2.35. The van der Waals surface area contributed by atoms with E-state index in [4.69, 9.17) is 9.47 Å². The van der Waals surface area contributed by atoms with Crippen LogP contribution in [0.15, 0.2) is 23.2 Å². The van der Waals surface area contributed by atoms with Crippen molar-refractivity contribution in [2.45, 2.75) is 53.0 Å². The molecule has 1 aromatic carbocycles. The van der Waals surface area contributed by atoms with E-state index < -0.39 is 0 Å². The van der Waals surface area contributed by atoms with Crippen LogP contribution in [-0.4, -0.2) is 63.3 Å². The predicted octanol–water partition coefficient (Wildman–Crippen LogP) is 3.93. The number of guanidine groups is 1. The standard InChI is InChI=1S/C23H40N4O2.HI/c1-6-28-21-11-10-19(15-22(21)29-7-2)12-13-25-23(24-5)26-16-20-9-8-14-27(17-20)18(3)4;/h10-11,15,18,20H,6-9,12-14,16-17H2,1-5H3,(H2,24,25,26);1H. The highest BCUT2D eigenvalue weighted by Gasteiger charge is 2.21. The van der Waals surface area contributed by atoms with Gasteiger partial charge in [-0.3, -0.25) is 4.99 Å². The monoisotopic (exact) mass is 532 g/mol. The first-order chi connectivity index (χ1) is 14.1. The van der Waals surface area contributed by atoms with Crippen LogP contribution in [-0.2, 0) is 6.42 Å². The van der Waals surface area contributed by atoms with Gasteiger partial charge in [-0.1, -0.05) is 6.07 Å². The van der Waals surface area contributed by atoms with Gasteiger partial charge >= 0.3 is 0 Å². The van der Waals surface area contributed by atoms with Gasteiger partial charge in [-0.2, -0.15) is 0 Å². The molecule has 1 heterocycles. The number of nitrogens with one attached hydrogen (secondary N) is 2. The normalized spacial score (nSPS) is 17.4. The molecule has 1 saturated heterocycles. The van der Waals surface area contributed by atoms with Gasteiger partial charge in [0.2, 0.25) is 0 Å². The van der Waals surface area contributed by atoms with Crippen molar-refractivity contribution >= 4 is 29.9 Å². The van der Waals surface area contributed by atoms with Gasteiger partial charge in [0.05, 0.1) is 13.2 Å². The lowest BCUT2D eigenvalue weighted by atomic mass is 9.97.